The fourth-order valence-corrected chi connectivity index (χ4v) is 5.28. The molecule has 0 unspecified atom stereocenters. The Kier molecular flexibility index (Phi) is 6.46. The molecule has 1 atom stereocenters. The van der Waals surface area contributed by atoms with Gasteiger partial charge in [0, 0.05) is 50.2 Å². The number of halogens is 1. The van der Waals surface area contributed by atoms with E-state index in [1.54, 1.807) is 0 Å². The Labute approximate surface area is 188 Å². The van der Waals surface area contributed by atoms with E-state index in [2.05, 4.69) is 14.9 Å². The second-order valence-electron chi connectivity index (χ2n) is 8.88. The number of aryl methyl sites for hydroxylation is 1. The molecule has 9 heteroatoms. The van der Waals surface area contributed by atoms with Crippen molar-refractivity contribution in [2.75, 3.05) is 30.8 Å². The van der Waals surface area contributed by atoms with Crippen LogP contribution in [-0.4, -0.2) is 61.1 Å². The van der Waals surface area contributed by atoms with Crippen molar-refractivity contribution >= 4 is 21.7 Å². The minimum atomic E-state index is -3.46. The summed E-state index contributed by atoms with van der Waals surface area (Å²) in [4.78, 5) is 26.1. The number of amides is 1. The van der Waals surface area contributed by atoms with E-state index in [-0.39, 0.29) is 22.8 Å². The molecule has 2 aliphatic rings. The van der Waals surface area contributed by atoms with E-state index < -0.39 is 15.7 Å². The maximum absolute atomic E-state index is 14.5. The molecule has 2 aliphatic heterocycles. The molecule has 2 aromatic rings. The molecule has 1 amide bonds. The van der Waals surface area contributed by atoms with E-state index in [0.717, 1.165) is 69.2 Å². The molecule has 2 saturated heterocycles. The van der Waals surface area contributed by atoms with Gasteiger partial charge in [-0.15, -0.1) is 0 Å². The average Bonchev–Trinajstić information content (AvgIpc) is 2.76. The van der Waals surface area contributed by atoms with E-state index in [1.165, 1.54) is 12.1 Å². The Balaban J connectivity index is 1.39. The van der Waals surface area contributed by atoms with Crippen molar-refractivity contribution in [2.24, 2.45) is 5.92 Å². The summed E-state index contributed by atoms with van der Waals surface area (Å²) in [5, 5.41) is 0. The number of likely N-dealkylation sites (tertiary alicyclic amines) is 1. The summed E-state index contributed by atoms with van der Waals surface area (Å²) in [5.41, 5.74) is 1.42. The molecular weight excluding hydrogens is 431 g/mol. The number of aromatic nitrogens is 2. The molecule has 0 aliphatic carbocycles. The molecule has 4 rings (SSSR count). The second kappa shape index (κ2) is 9.13. The van der Waals surface area contributed by atoms with Crippen molar-refractivity contribution < 1.29 is 17.6 Å². The smallest absolute Gasteiger partial charge is 0.226 e. The number of rotatable bonds is 5. The summed E-state index contributed by atoms with van der Waals surface area (Å²) in [5.74, 6) is -0.0390. The number of carbonyl (C=O) groups excluding carboxylic acids is 1. The normalized spacial score (nSPS) is 20.6. The number of anilines is 1. The number of nitrogens with zero attached hydrogens (tertiary/aromatic N) is 4. The van der Waals surface area contributed by atoms with Crippen molar-refractivity contribution in [3.05, 3.63) is 47.5 Å². The number of hydrogen-bond donors (Lipinski definition) is 0. The SMILES string of the molecule is Cc1cnc(N2CCC(N3CCC[C@H](Cc4ccc(S(C)(=O)=O)cc4F)C3=O)CC2)nc1. The fourth-order valence-electron chi connectivity index (χ4n) is 4.64. The molecule has 1 aromatic heterocycles. The number of piperidine rings is 2. The predicted octanol–water partition coefficient (Wildman–Crippen LogP) is 2.78. The Morgan fingerprint density at radius 3 is 2.41 bits per heavy atom. The Morgan fingerprint density at radius 1 is 1.09 bits per heavy atom. The molecule has 1 aromatic carbocycles. The maximum Gasteiger partial charge on any atom is 0.226 e. The zero-order chi connectivity index (χ0) is 22.9. The first-order valence-electron chi connectivity index (χ1n) is 11.0. The minimum Gasteiger partial charge on any atom is -0.341 e. The van der Waals surface area contributed by atoms with Gasteiger partial charge in [0.2, 0.25) is 11.9 Å². The van der Waals surface area contributed by atoms with Crippen LogP contribution in [0.1, 0.15) is 36.8 Å². The van der Waals surface area contributed by atoms with Crippen LogP contribution in [0.2, 0.25) is 0 Å². The zero-order valence-corrected chi connectivity index (χ0v) is 19.3. The first-order valence-corrected chi connectivity index (χ1v) is 12.9. The van der Waals surface area contributed by atoms with Gasteiger partial charge in [0.1, 0.15) is 5.82 Å². The Morgan fingerprint density at radius 2 is 1.78 bits per heavy atom. The maximum atomic E-state index is 14.5. The molecular formula is C23H29FN4O3S. The van der Waals surface area contributed by atoms with E-state index >= 15 is 0 Å². The number of benzene rings is 1. The molecule has 172 valence electrons. The Hall–Kier alpha value is -2.55. The molecule has 0 radical (unpaired) electrons. The van der Waals surface area contributed by atoms with Gasteiger partial charge in [0.15, 0.2) is 9.84 Å². The molecule has 0 bridgehead atoms. The van der Waals surface area contributed by atoms with Crippen LogP contribution in [0.15, 0.2) is 35.5 Å². The van der Waals surface area contributed by atoms with Crippen LogP contribution in [0.3, 0.4) is 0 Å². The third-order valence-corrected chi connectivity index (χ3v) is 7.57. The van der Waals surface area contributed by atoms with E-state index in [4.69, 9.17) is 0 Å². The lowest BCUT2D eigenvalue weighted by Crippen LogP contribution is -2.52. The lowest BCUT2D eigenvalue weighted by Gasteiger charge is -2.42. The van der Waals surface area contributed by atoms with Crippen molar-refractivity contribution in [1.82, 2.24) is 14.9 Å². The van der Waals surface area contributed by atoms with Gasteiger partial charge in [-0.2, -0.15) is 0 Å². The van der Waals surface area contributed by atoms with Gasteiger partial charge in [0.25, 0.3) is 0 Å². The predicted molar refractivity (Wildman–Crippen MR) is 120 cm³/mol. The van der Waals surface area contributed by atoms with Gasteiger partial charge in [-0.25, -0.2) is 22.8 Å². The summed E-state index contributed by atoms with van der Waals surface area (Å²) in [6.45, 7) is 4.28. The van der Waals surface area contributed by atoms with Gasteiger partial charge in [-0.3, -0.25) is 4.79 Å². The summed E-state index contributed by atoms with van der Waals surface area (Å²) in [6.07, 6.45) is 8.30. The highest BCUT2D eigenvalue weighted by Gasteiger charge is 2.35. The van der Waals surface area contributed by atoms with Gasteiger partial charge >= 0.3 is 0 Å². The highest BCUT2D eigenvalue weighted by Crippen LogP contribution is 2.29. The molecule has 0 N–H and O–H groups in total. The molecule has 0 saturated carbocycles. The van der Waals surface area contributed by atoms with Gasteiger partial charge < -0.3 is 9.80 Å². The van der Waals surface area contributed by atoms with Crippen molar-refractivity contribution in [3.8, 4) is 0 Å². The number of carbonyl (C=O) groups is 1. The van der Waals surface area contributed by atoms with Crippen LogP contribution in [0.4, 0.5) is 10.3 Å². The van der Waals surface area contributed by atoms with E-state index in [9.17, 15) is 17.6 Å². The fraction of sp³-hybridized carbons (Fsp3) is 0.522. The first kappa shape index (κ1) is 22.6. The molecule has 0 spiro atoms. The van der Waals surface area contributed by atoms with Crippen LogP contribution in [-0.2, 0) is 21.1 Å². The standard InChI is InChI=1S/C23H29FN4O3S/c1-16-14-25-23(26-15-16)27-10-7-19(8-11-27)28-9-3-4-18(22(28)29)12-17-5-6-20(13-21(17)24)32(2,30)31/h5-6,13-15,18-19H,3-4,7-12H2,1-2H3/t18-/m1/s1. The van der Waals surface area contributed by atoms with Crippen molar-refractivity contribution in [1.29, 1.82) is 0 Å². The lowest BCUT2D eigenvalue weighted by molar-refractivity contribution is -0.141. The zero-order valence-electron chi connectivity index (χ0n) is 18.5. The third kappa shape index (κ3) is 4.92. The molecule has 7 nitrogen and oxygen atoms in total. The van der Waals surface area contributed by atoms with Crippen LogP contribution in [0, 0.1) is 18.7 Å². The summed E-state index contributed by atoms with van der Waals surface area (Å²) in [7, 11) is -3.46. The van der Waals surface area contributed by atoms with Crippen LogP contribution >= 0.6 is 0 Å². The quantitative estimate of drug-likeness (QED) is 0.682. The highest BCUT2D eigenvalue weighted by atomic mass is 32.2. The van der Waals surface area contributed by atoms with Gasteiger partial charge in [-0.05, 0) is 62.3 Å². The minimum absolute atomic E-state index is 0.0420. The Bertz CT molecular complexity index is 1080. The largest absolute Gasteiger partial charge is 0.341 e. The van der Waals surface area contributed by atoms with Gasteiger partial charge in [0.05, 0.1) is 4.90 Å². The van der Waals surface area contributed by atoms with Gasteiger partial charge in [-0.1, -0.05) is 6.07 Å². The third-order valence-electron chi connectivity index (χ3n) is 6.46. The molecule has 2 fully saturated rings. The first-order chi connectivity index (χ1) is 15.2. The molecule has 32 heavy (non-hydrogen) atoms. The van der Waals surface area contributed by atoms with E-state index in [1.807, 2.05) is 24.2 Å². The van der Waals surface area contributed by atoms with E-state index in [0.29, 0.717) is 12.0 Å². The average molecular weight is 461 g/mol. The topological polar surface area (TPSA) is 83.5 Å². The lowest BCUT2D eigenvalue weighted by atomic mass is 9.88. The van der Waals surface area contributed by atoms with Crippen molar-refractivity contribution in [3.63, 3.8) is 0 Å². The monoisotopic (exact) mass is 460 g/mol. The van der Waals surface area contributed by atoms with Crippen LogP contribution in [0.25, 0.3) is 0 Å². The van der Waals surface area contributed by atoms with Crippen LogP contribution < -0.4 is 4.90 Å². The number of hydrogen-bond acceptors (Lipinski definition) is 6. The summed E-state index contributed by atoms with van der Waals surface area (Å²) < 4.78 is 37.8. The number of sulfone groups is 1. The summed E-state index contributed by atoms with van der Waals surface area (Å²) >= 11 is 0. The van der Waals surface area contributed by atoms with Crippen molar-refractivity contribution in [2.45, 2.75) is 50.0 Å². The summed E-state index contributed by atoms with van der Waals surface area (Å²) in [6, 6.07) is 4.14. The second-order valence-corrected chi connectivity index (χ2v) is 10.9. The highest BCUT2D eigenvalue weighted by molar-refractivity contribution is 7.90. The van der Waals surface area contributed by atoms with Crippen LogP contribution in [0.5, 0.6) is 0 Å². The molecule has 3 heterocycles.